The zero-order valence-corrected chi connectivity index (χ0v) is 48.2. The number of nitriles is 1. The highest BCUT2D eigenvalue weighted by molar-refractivity contribution is 5.87. The molecule has 25 heteroatoms. The minimum Gasteiger partial charge on any atom is -0.497 e. The number of rotatable bonds is 17. The number of halogens is 5. The van der Waals surface area contributed by atoms with Gasteiger partial charge in [0.2, 0.25) is 11.8 Å². The smallest absolute Gasteiger partial charge is 0.330 e. The zero-order chi connectivity index (χ0) is 64.2. The molecule has 6 atom stereocenters. The lowest BCUT2D eigenvalue weighted by molar-refractivity contribution is -0.148. The monoisotopic (exact) mass is 1210 g/mol. The summed E-state index contributed by atoms with van der Waals surface area (Å²) in [7, 11) is 10.9. The first-order chi connectivity index (χ1) is 41.0. The topological polar surface area (TPSA) is 278 Å². The van der Waals surface area contributed by atoms with Crippen LogP contribution in [-0.2, 0) is 47.8 Å². The van der Waals surface area contributed by atoms with Gasteiger partial charge in [0.25, 0.3) is 0 Å². The van der Waals surface area contributed by atoms with Crippen LogP contribution in [0.2, 0.25) is 0 Å². The van der Waals surface area contributed by atoms with Crippen LogP contribution < -0.4 is 34.3 Å². The van der Waals surface area contributed by atoms with Crippen LogP contribution in [0.1, 0.15) is 76.6 Å². The summed E-state index contributed by atoms with van der Waals surface area (Å²) in [5.41, 5.74) is 1.04. The number of esters is 3. The van der Waals surface area contributed by atoms with E-state index >= 15 is 0 Å². The fourth-order valence-corrected chi connectivity index (χ4v) is 8.54. The lowest BCUT2D eigenvalue weighted by Gasteiger charge is -2.30. The van der Waals surface area contributed by atoms with Gasteiger partial charge in [0.1, 0.15) is 69.5 Å². The van der Waals surface area contributed by atoms with Crippen LogP contribution in [0.5, 0.6) is 28.7 Å². The van der Waals surface area contributed by atoms with E-state index < -0.39 is 94.3 Å². The summed E-state index contributed by atoms with van der Waals surface area (Å²) in [6, 6.07) is 23.0. The number of carbonyl (C=O) groups excluding carboxylic acids is 7. The van der Waals surface area contributed by atoms with Crippen molar-refractivity contribution < 1.29 is 103 Å². The summed E-state index contributed by atoms with van der Waals surface area (Å²) < 4.78 is 106. The number of carboxylic acids is 1. The van der Waals surface area contributed by atoms with E-state index in [1.165, 1.54) is 131 Å². The van der Waals surface area contributed by atoms with E-state index in [2.05, 4.69) is 20.1 Å². The molecule has 460 valence electrons. The standard InChI is InChI=1S/C15H16FNO4.C14H16FNO4.C13H14FNO4.C11H11FO3.C8H7FO2/c1-9(18)13(8-17)12(7-15(19)21-3)11-5-4-10(20-2)6-14(11)16;1-19-8-3-4-9(12(15)5-8)10-6-13(17)16-7-11(10)14(18)20-2;1-19-7-2-3-8(11(14)4-7)9-5-12(16)15-6-10(9)13(17)18;1-14-9-5-3-8(10(12)7-9)4-6-11(13)15-2;1-11-7-3-2-6(5-10)8(9)4-7/h4-6,12-13H,7H2,1-3H3;3-5,10-11H,6-7H2,1-2H3,(H,16,17);2-4,9-10H,5-6H2,1H3,(H,15,16)(H,17,18);3-7H,1-2H3;2-5H,1H3/b;;;6-4+;/t;;9?,10-;;/m..1../s1. The van der Waals surface area contributed by atoms with Gasteiger partial charge in [-0.05, 0) is 72.2 Å². The van der Waals surface area contributed by atoms with Gasteiger partial charge in [-0.2, -0.15) is 5.26 Å². The highest BCUT2D eigenvalue weighted by Crippen LogP contribution is 2.37. The maximum absolute atomic E-state index is 14.1. The molecule has 2 aliphatic rings. The van der Waals surface area contributed by atoms with E-state index in [0.29, 0.717) is 46.2 Å². The second-order valence-corrected chi connectivity index (χ2v) is 18.3. The van der Waals surface area contributed by atoms with Crippen molar-refractivity contribution >= 4 is 53.8 Å². The van der Waals surface area contributed by atoms with E-state index in [1.807, 2.05) is 6.07 Å². The Morgan fingerprint density at radius 3 is 1.38 bits per heavy atom. The molecule has 0 aromatic heterocycles. The molecule has 5 aromatic rings. The van der Waals surface area contributed by atoms with E-state index in [0.717, 1.165) is 12.1 Å². The lowest BCUT2D eigenvalue weighted by atomic mass is 9.80. The minimum atomic E-state index is -1.12. The molecule has 0 spiro atoms. The van der Waals surface area contributed by atoms with Crippen LogP contribution in [0.15, 0.2) is 97.1 Å². The van der Waals surface area contributed by atoms with Crippen LogP contribution in [0.4, 0.5) is 22.0 Å². The Bertz CT molecular complexity index is 3260. The van der Waals surface area contributed by atoms with Crippen molar-refractivity contribution in [3.8, 4) is 34.8 Å². The van der Waals surface area contributed by atoms with Crippen LogP contribution in [-0.4, -0.2) is 123 Å². The molecular weight excluding hydrogens is 1140 g/mol. The number of carboxylic acid groups (broad SMARTS) is 1. The van der Waals surface area contributed by atoms with Gasteiger partial charge in [0.05, 0.1) is 86.8 Å². The number of ketones is 1. The Balaban J connectivity index is 0.000000285. The average molecular weight is 1210 g/mol. The minimum absolute atomic E-state index is 0.0182. The molecule has 3 N–H and O–H groups in total. The second-order valence-electron chi connectivity index (χ2n) is 18.3. The number of hydrogen-bond donors (Lipinski definition) is 3. The molecular formula is C61H64F5N3O17. The summed E-state index contributed by atoms with van der Waals surface area (Å²) in [5, 5.41) is 23.4. The number of aldehydes is 1. The van der Waals surface area contributed by atoms with Gasteiger partial charge in [0, 0.05) is 85.7 Å². The normalized spacial score (nSPS) is 16.3. The number of amides is 2. The summed E-state index contributed by atoms with van der Waals surface area (Å²) in [6.07, 6.45) is 2.75. The summed E-state index contributed by atoms with van der Waals surface area (Å²) >= 11 is 0. The Hall–Kier alpha value is -9.86. The summed E-state index contributed by atoms with van der Waals surface area (Å²) in [6.45, 7) is 1.41. The molecule has 7 rings (SSSR count). The van der Waals surface area contributed by atoms with Crippen LogP contribution in [0, 0.1) is 58.2 Å². The number of aliphatic carboxylic acids is 1. The number of piperidine rings is 2. The fourth-order valence-electron chi connectivity index (χ4n) is 8.54. The van der Waals surface area contributed by atoms with Gasteiger partial charge >= 0.3 is 23.9 Å². The van der Waals surface area contributed by atoms with Gasteiger partial charge in [-0.3, -0.25) is 33.6 Å². The number of hydrogen-bond acceptors (Lipinski definition) is 17. The first kappa shape index (κ1) is 70.4. The van der Waals surface area contributed by atoms with Crippen molar-refractivity contribution in [2.24, 2.45) is 17.8 Å². The fraction of sp³-hybridized carbons (Fsp3) is 0.328. The number of methoxy groups -OCH3 is 8. The number of ether oxygens (including phenoxy) is 8. The predicted octanol–water partition coefficient (Wildman–Crippen LogP) is 8.24. The Morgan fingerprint density at radius 2 is 1.01 bits per heavy atom. The molecule has 0 bridgehead atoms. The molecule has 0 saturated carbocycles. The number of benzene rings is 5. The molecule has 5 aromatic carbocycles. The van der Waals surface area contributed by atoms with Gasteiger partial charge in [-0.15, -0.1) is 0 Å². The Kier molecular flexibility index (Phi) is 28.9. The van der Waals surface area contributed by atoms with Crippen LogP contribution in [0.3, 0.4) is 0 Å². The average Bonchev–Trinajstić information content (AvgIpc) is 3.68. The van der Waals surface area contributed by atoms with Crippen molar-refractivity contribution in [2.75, 3.05) is 70.0 Å². The molecule has 20 nitrogen and oxygen atoms in total. The Morgan fingerprint density at radius 1 is 0.593 bits per heavy atom. The predicted molar refractivity (Wildman–Crippen MR) is 298 cm³/mol. The van der Waals surface area contributed by atoms with Crippen molar-refractivity contribution in [1.82, 2.24) is 10.6 Å². The van der Waals surface area contributed by atoms with Crippen molar-refractivity contribution in [1.29, 1.82) is 5.26 Å². The lowest BCUT2D eigenvalue weighted by Crippen LogP contribution is -2.43. The van der Waals surface area contributed by atoms with Crippen molar-refractivity contribution in [3.63, 3.8) is 0 Å². The third kappa shape index (κ3) is 20.8. The molecule has 2 heterocycles. The molecule has 0 radical (unpaired) electrons. The van der Waals surface area contributed by atoms with E-state index in [9.17, 15) is 60.3 Å². The first-order valence-corrected chi connectivity index (χ1v) is 25.7. The molecule has 2 amide bonds. The van der Waals surface area contributed by atoms with Gasteiger partial charge < -0.3 is 53.6 Å². The number of nitrogens with zero attached hydrogens (tertiary/aromatic N) is 1. The number of Topliss-reactive ketones (excluding diaryl/α,β-unsaturated/α-hetero) is 1. The molecule has 0 aliphatic carbocycles. The maximum atomic E-state index is 14.1. The quantitative estimate of drug-likeness (QED) is 0.0260. The van der Waals surface area contributed by atoms with E-state index in [4.69, 9.17) is 38.8 Å². The van der Waals surface area contributed by atoms with E-state index in [1.54, 1.807) is 24.3 Å². The summed E-state index contributed by atoms with van der Waals surface area (Å²) in [5.74, 6) is -8.91. The molecule has 2 fully saturated rings. The van der Waals surface area contributed by atoms with Gasteiger partial charge in [-0.25, -0.2) is 26.7 Å². The van der Waals surface area contributed by atoms with Crippen molar-refractivity contribution in [2.45, 2.75) is 43.9 Å². The van der Waals surface area contributed by atoms with E-state index in [-0.39, 0.29) is 60.9 Å². The molecule has 2 saturated heterocycles. The number of nitrogens with one attached hydrogen (secondary N) is 2. The third-order valence-electron chi connectivity index (χ3n) is 13.2. The molecule has 2 aliphatic heterocycles. The highest BCUT2D eigenvalue weighted by Gasteiger charge is 2.39. The van der Waals surface area contributed by atoms with Gasteiger partial charge in [-0.1, -0.05) is 18.2 Å². The van der Waals surface area contributed by atoms with Gasteiger partial charge in [0.15, 0.2) is 6.29 Å². The largest absolute Gasteiger partial charge is 0.497 e. The zero-order valence-electron chi connectivity index (χ0n) is 48.2. The summed E-state index contributed by atoms with van der Waals surface area (Å²) in [4.78, 5) is 89.8. The third-order valence-corrected chi connectivity index (χ3v) is 13.2. The highest BCUT2D eigenvalue weighted by atomic mass is 19.1. The number of carbonyl (C=O) groups is 8. The SMILES string of the molecule is COC(=O)/C=C/c1ccc(OC)cc1F.COC(=O)C1CNC(=O)CC1c1ccc(OC)cc1F.COC(=O)CC(c1ccc(OC)cc1F)C(C#N)C(C)=O.COc1ccc(C2CC(=O)NC[C@H]2C(=O)O)c(F)c1.COc1ccc(C=O)c(F)c1. The molecule has 86 heavy (non-hydrogen) atoms. The molecule has 5 unspecified atom stereocenters. The van der Waals surface area contributed by atoms with Crippen molar-refractivity contribution in [3.05, 3.63) is 154 Å². The second kappa shape index (κ2) is 35.3. The Labute approximate surface area is 492 Å². The first-order valence-electron chi connectivity index (χ1n) is 25.7. The maximum Gasteiger partial charge on any atom is 0.330 e. The van der Waals surface area contributed by atoms with Crippen LogP contribution >= 0.6 is 0 Å². The van der Waals surface area contributed by atoms with Crippen LogP contribution in [0.25, 0.3) is 6.08 Å².